The van der Waals surface area contributed by atoms with Gasteiger partial charge in [0.2, 0.25) is 0 Å². The number of hydrogen-bond donors (Lipinski definition) is 0. The van der Waals surface area contributed by atoms with E-state index < -0.39 is 11.9 Å². The minimum atomic E-state index is -4.36. The second kappa shape index (κ2) is 4.47. The molecule has 0 unspecified atom stereocenters. The van der Waals surface area contributed by atoms with Gasteiger partial charge in [-0.2, -0.15) is 13.2 Å². The molecule has 0 atom stereocenters. The molecule has 1 nitrogen and oxygen atoms in total. The summed E-state index contributed by atoms with van der Waals surface area (Å²) in [5.74, 6) is 0. The predicted molar refractivity (Wildman–Crippen MR) is 57.7 cm³/mol. The van der Waals surface area contributed by atoms with E-state index in [2.05, 4.69) is 4.98 Å². The van der Waals surface area contributed by atoms with Crippen LogP contribution in [-0.2, 0) is 6.18 Å². The van der Waals surface area contributed by atoms with Gasteiger partial charge in [0.25, 0.3) is 0 Å². The molecule has 0 saturated heterocycles. The Morgan fingerprint density at radius 3 is 2.38 bits per heavy atom. The van der Waals surface area contributed by atoms with Gasteiger partial charge in [0.15, 0.2) is 10.0 Å². The zero-order valence-corrected chi connectivity index (χ0v) is 9.49. The topological polar surface area (TPSA) is 12.9 Å². The Kier molecular flexibility index (Phi) is 3.20. The van der Waals surface area contributed by atoms with E-state index in [1.165, 1.54) is 11.8 Å². The van der Waals surface area contributed by atoms with Crippen molar-refractivity contribution in [1.29, 1.82) is 0 Å². The van der Waals surface area contributed by atoms with Gasteiger partial charge in [-0.05, 0) is 12.1 Å². The summed E-state index contributed by atoms with van der Waals surface area (Å²) in [6.45, 7) is 0. The van der Waals surface area contributed by atoms with Crippen molar-refractivity contribution in [3.63, 3.8) is 0 Å². The summed E-state index contributed by atoms with van der Waals surface area (Å²) < 4.78 is 37.2. The number of aromatic nitrogens is 1. The molecule has 0 radical (unpaired) electrons. The van der Waals surface area contributed by atoms with Crippen molar-refractivity contribution in [2.45, 2.75) is 15.4 Å². The molecular weight excluding hydrogens is 255 g/mol. The van der Waals surface area contributed by atoms with Crippen LogP contribution in [0.2, 0.25) is 0 Å². The Labute approximate surface area is 98.3 Å². The number of benzene rings is 1. The molecule has 0 saturated carbocycles. The summed E-state index contributed by atoms with van der Waals surface area (Å²) in [5, 5.41) is 1.03. The van der Waals surface area contributed by atoms with Crippen molar-refractivity contribution in [3.05, 3.63) is 41.4 Å². The average Bonchev–Trinajstić information content (AvgIpc) is 2.67. The molecule has 0 amide bonds. The van der Waals surface area contributed by atoms with Gasteiger partial charge in [0, 0.05) is 10.3 Å². The monoisotopic (exact) mass is 261 g/mol. The Morgan fingerprint density at radius 1 is 1.12 bits per heavy atom. The van der Waals surface area contributed by atoms with Crippen LogP contribution in [0, 0.1) is 0 Å². The SMILES string of the molecule is FC(F)(F)c1csc(Sc2ccccc2)n1. The summed E-state index contributed by atoms with van der Waals surface area (Å²) in [6.07, 6.45) is -4.36. The first-order valence-electron chi connectivity index (χ1n) is 4.31. The molecular formula is C10H6F3NS2. The molecule has 0 aliphatic rings. The van der Waals surface area contributed by atoms with Crippen LogP contribution in [0.3, 0.4) is 0 Å². The highest BCUT2D eigenvalue weighted by Gasteiger charge is 2.33. The first kappa shape index (κ1) is 11.5. The van der Waals surface area contributed by atoms with Gasteiger partial charge in [0.05, 0.1) is 0 Å². The smallest absolute Gasteiger partial charge is 0.225 e. The van der Waals surface area contributed by atoms with E-state index in [1.807, 2.05) is 30.3 Å². The largest absolute Gasteiger partial charge is 0.434 e. The number of thiazole rings is 1. The van der Waals surface area contributed by atoms with Crippen LogP contribution in [0.5, 0.6) is 0 Å². The van der Waals surface area contributed by atoms with Crippen molar-refractivity contribution >= 4 is 23.1 Å². The molecule has 0 aliphatic carbocycles. The molecule has 0 N–H and O–H groups in total. The molecule has 16 heavy (non-hydrogen) atoms. The molecule has 1 aromatic heterocycles. The highest BCUT2D eigenvalue weighted by atomic mass is 32.2. The Bertz CT molecular complexity index is 464. The fraction of sp³-hybridized carbons (Fsp3) is 0.100. The van der Waals surface area contributed by atoms with Crippen LogP contribution in [0.25, 0.3) is 0 Å². The van der Waals surface area contributed by atoms with Gasteiger partial charge in [0.1, 0.15) is 0 Å². The molecule has 2 aromatic rings. The van der Waals surface area contributed by atoms with E-state index in [4.69, 9.17) is 0 Å². The third-order valence-electron chi connectivity index (χ3n) is 1.72. The van der Waals surface area contributed by atoms with Crippen molar-refractivity contribution in [2.24, 2.45) is 0 Å². The van der Waals surface area contributed by atoms with Crippen LogP contribution in [0.1, 0.15) is 5.69 Å². The lowest BCUT2D eigenvalue weighted by Gasteiger charge is -2.00. The second-order valence-corrected chi connectivity index (χ2v) is 5.09. The number of halogens is 3. The molecule has 1 heterocycles. The second-order valence-electron chi connectivity index (χ2n) is 2.91. The Balaban J connectivity index is 2.15. The van der Waals surface area contributed by atoms with Crippen LogP contribution in [-0.4, -0.2) is 4.98 Å². The lowest BCUT2D eigenvalue weighted by atomic mass is 10.4. The third-order valence-corrected chi connectivity index (χ3v) is 3.67. The minimum Gasteiger partial charge on any atom is -0.225 e. The van der Waals surface area contributed by atoms with E-state index in [9.17, 15) is 13.2 Å². The zero-order valence-electron chi connectivity index (χ0n) is 7.86. The van der Waals surface area contributed by atoms with Crippen molar-refractivity contribution in [1.82, 2.24) is 4.98 Å². The van der Waals surface area contributed by atoms with Gasteiger partial charge in [-0.15, -0.1) is 11.3 Å². The quantitative estimate of drug-likeness (QED) is 0.798. The third kappa shape index (κ3) is 2.76. The molecule has 1 aromatic carbocycles. The first-order valence-corrected chi connectivity index (χ1v) is 6.01. The van der Waals surface area contributed by atoms with Crippen LogP contribution in [0.15, 0.2) is 44.9 Å². The summed E-state index contributed by atoms with van der Waals surface area (Å²) in [4.78, 5) is 4.41. The molecule has 2 rings (SSSR count). The number of nitrogens with zero attached hydrogens (tertiary/aromatic N) is 1. The average molecular weight is 261 g/mol. The lowest BCUT2D eigenvalue weighted by molar-refractivity contribution is -0.141. The highest BCUT2D eigenvalue weighted by Crippen LogP contribution is 2.35. The first-order chi connectivity index (χ1) is 7.55. The summed E-state index contributed by atoms with van der Waals surface area (Å²) in [5.41, 5.74) is -0.823. The van der Waals surface area contributed by atoms with E-state index >= 15 is 0 Å². The summed E-state index contributed by atoms with van der Waals surface area (Å²) in [6, 6.07) is 9.19. The molecule has 0 aliphatic heterocycles. The highest BCUT2D eigenvalue weighted by molar-refractivity contribution is 8.01. The van der Waals surface area contributed by atoms with Gasteiger partial charge >= 0.3 is 6.18 Å². The summed E-state index contributed by atoms with van der Waals surface area (Å²) in [7, 11) is 0. The van der Waals surface area contributed by atoms with Gasteiger partial charge in [-0.3, -0.25) is 0 Å². The maximum absolute atomic E-state index is 12.3. The molecule has 0 spiro atoms. The van der Waals surface area contributed by atoms with Gasteiger partial charge in [-0.1, -0.05) is 30.0 Å². The number of hydrogen-bond acceptors (Lipinski definition) is 3. The fourth-order valence-electron chi connectivity index (χ4n) is 1.02. The molecule has 6 heteroatoms. The molecule has 0 fully saturated rings. The summed E-state index contributed by atoms with van der Waals surface area (Å²) >= 11 is 2.24. The standard InChI is InChI=1S/C10H6F3NS2/c11-10(12,13)8-6-15-9(14-8)16-7-4-2-1-3-5-7/h1-6H. The van der Waals surface area contributed by atoms with Crippen molar-refractivity contribution in [2.75, 3.05) is 0 Å². The normalized spacial score (nSPS) is 11.7. The van der Waals surface area contributed by atoms with E-state index in [0.29, 0.717) is 4.34 Å². The van der Waals surface area contributed by atoms with Gasteiger partial charge in [-0.25, -0.2) is 4.98 Å². The minimum absolute atomic E-state index is 0.401. The van der Waals surface area contributed by atoms with Crippen LogP contribution in [0.4, 0.5) is 13.2 Å². The fourth-order valence-corrected chi connectivity index (χ4v) is 2.84. The Hall–Kier alpha value is -1.01. The lowest BCUT2D eigenvalue weighted by Crippen LogP contribution is -2.04. The number of alkyl halides is 3. The van der Waals surface area contributed by atoms with Crippen molar-refractivity contribution in [3.8, 4) is 0 Å². The zero-order chi connectivity index (χ0) is 11.6. The van der Waals surface area contributed by atoms with E-state index in [-0.39, 0.29) is 0 Å². The molecule has 0 bridgehead atoms. The van der Waals surface area contributed by atoms with E-state index in [0.717, 1.165) is 21.6 Å². The molecule has 84 valence electrons. The maximum Gasteiger partial charge on any atom is 0.434 e. The predicted octanol–water partition coefficient (Wildman–Crippen LogP) is 4.31. The van der Waals surface area contributed by atoms with Crippen molar-refractivity contribution < 1.29 is 13.2 Å². The number of rotatable bonds is 2. The maximum atomic E-state index is 12.3. The van der Waals surface area contributed by atoms with E-state index in [1.54, 1.807) is 0 Å². The van der Waals surface area contributed by atoms with Crippen LogP contribution >= 0.6 is 23.1 Å². The Morgan fingerprint density at radius 2 is 1.81 bits per heavy atom. The van der Waals surface area contributed by atoms with Crippen LogP contribution < -0.4 is 0 Å². The van der Waals surface area contributed by atoms with Gasteiger partial charge < -0.3 is 0 Å².